The highest BCUT2D eigenvalue weighted by molar-refractivity contribution is 5.91. The Hall–Kier alpha value is -5.62. The van der Waals surface area contributed by atoms with Crippen LogP contribution in [0.1, 0.15) is 29.5 Å². The summed E-state index contributed by atoms with van der Waals surface area (Å²) in [6, 6.07) is 47.2. The van der Waals surface area contributed by atoms with Crippen molar-refractivity contribution in [3.8, 4) is 0 Å². The number of anilines is 8. The molecule has 3 bridgehead atoms. The van der Waals surface area contributed by atoms with Crippen LogP contribution >= 0.6 is 0 Å². The molecule has 0 amide bonds. The van der Waals surface area contributed by atoms with E-state index in [0.29, 0.717) is 0 Å². The zero-order valence-corrected chi connectivity index (χ0v) is 26.7. The number of aromatic nitrogens is 2. The van der Waals surface area contributed by atoms with Crippen LogP contribution in [0.25, 0.3) is 0 Å². The Morgan fingerprint density at radius 3 is 1.92 bits per heavy atom. The second-order valence-electron chi connectivity index (χ2n) is 14.2. The first kappa shape index (κ1) is 26.4. The average Bonchev–Trinajstić information content (AvgIpc) is 3.67. The number of rotatable bonds is 3. The van der Waals surface area contributed by atoms with Crippen LogP contribution in [-0.4, -0.2) is 22.3 Å². The molecule has 5 aliphatic rings. The molecule has 6 aromatic rings. The van der Waals surface area contributed by atoms with E-state index in [1.54, 1.807) is 0 Å². The first-order chi connectivity index (χ1) is 23.7. The lowest BCUT2D eigenvalue weighted by Crippen LogP contribution is -2.62. The molecule has 5 heterocycles. The molecule has 0 saturated carbocycles. The van der Waals surface area contributed by atoms with Crippen molar-refractivity contribution in [1.82, 2.24) is 9.97 Å². The Bertz CT molecular complexity index is 2240. The number of hydrogen-bond acceptors (Lipinski definition) is 6. The van der Waals surface area contributed by atoms with Gasteiger partial charge in [-0.1, -0.05) is 85.8 Å². The maximum atomic E-state index is 5.01. The van der Waals surface area contributed by atoms with E-state index in [1.807, 2.05) is 12.4 Å². The molecule has 0 fully saturated rings. The van der Waals surface area contributed by atoms with E-state index in [9.17, 15) is 0 Å². The number of benzene rings is 5. The summed E-state index contributed by atoms with van der Waals surface area (Å²) in [6.45, 7) is 2.56. The molecule has 1 aliphatic carbocycles. The van der Waals surface area contributed by atoms with Crippen LogP contribution in [0, 0.1) is 11.3 Å². The largest absolute Gasteiger partial charge is 0.318 e. The van der Waals surface area contributed by atoms with E-state index in [-0.39, 0.29) is 29.6 Å². The molecule has 0 N–H and O–H groups in total. The molecule has 5 atom stereocenters. The molecule has 5 unspecified atom stereocenters. The zero-order valence-electron chi connectivity index (χ0n) is 26.7. The predicted molar refractivity (Wildman–Crippen MR) is 192 cm³/mol. The molecule has 6 nitrogen and oxygen atoms in total. The molecule has 0 saturated heterocycles. The molecule has 6 heteroatoms. The van der Waals surface area contributed by atoms with Gasteiger partial charge in [0.25, 0.3) is 0 Å². The minimum Gasteiger partial charge on any atom is -0.318 e. The molecule has 11 rings (SSSR count). The van der Waals surface area contributed by atoms with Crippen LogP contribution in [0.15, 0.2) is 140 Å². The monoisotopic (exact) mass is 622 g/mol. The first-order valence-electron chi connectivity index (χ1n) is 17.1. The molecule has 48 heavy (non-hydrogen) atoms. The Labute approximate surface area is 280 Å². The van der Waals surface area contributed by atoms with Gasteiger partial charge in [0, 0.05) is 52.4 Å². The Kier molecular flexibility index (Phi) is 5.22. The maximum Gasteiger partial charge on any atom is 0.178 e. The van der Waals surface area contributed by atoms with Crippen LogP contribution in [0.4, 0.5) is 45.8 Å². The van der Waals surface area contributed by atoms with Gasteiger partial charge in [0.2, 0.25) is 0 Å². The Morgan fingerprint density at radius 2 is 1.19 bits per heavy atom. The Morgan fingerprint density at radius 1 is 0.583 bits per heavy atom. The van der Waals surface area contributed by atoms with Crippen molar-refractivity contribution in [2.75, 3.05) is 19.6 Å². The van der Waals surface area contributed by atoms with E-state index < -0.39 is 0 Å². The zero-order chi connectivity index (χ0) is 31.6. The van der Waals surface area contributed by atoms with Gasteiger partial charge in [0.05, 0.1) is 11.4 Å². The molecule has 232 valence electrons. The summed E-state index contributed by atoms with van der Waals surface area (Å²) in [5.74, 6) is 2.44. The standard InChI is InChI=1S/C42H34N6/c1-42-26-27-20-21-34(48-39-38(43-22-23-44-39)46(41(42)48)30-15-6-3-7-16-30)31(24-27)37(42)32-25-28-12-8-9-17-33(28)47-36-19-11-10-18-35(36)45(40(32)47)29-13-4-2-5-14-29/h2-24,32,37,40-41H,25-26H2,1H3. The highest BCUT2D eigenvalue weighted by atomic mass is 15.5. The maximum absolute atomic E-state index is 5.01. The van der Waals surface area contributed by atoms with Crippen molar-refractivity contribution < 1.29 is 0 Å². The molecule has 0 radical (unpaired) electrons. The van der Waals surface area contributed by atoms with E-state index in [2.05, 4.69) is 154 Å². The summed E-state index contributed by atoms with van der Waals surface area (Å²) in [5, 5.41) is 0. The summed E-state index contributed by atoms with van der Waals surface area (Å²) >= 11 is 0. The fraction of sp³-hybridized carbons (Fsp3) is 0.190. The summed E-state index contributed by atoms with van der Waals surface area (Å²) in [7, 11) is 0. The second-order valence-corrected chi connectivity index (χ2v) is 14.2. The summed E-state index contributed by atoms with van der Waals surface area (Å²) in [6.07, 6.45) is 5.79. The predicted octanol–water partition coefficient (Wildman–Crippen LogP) is 9.24. The molecule has 4 aliphatic heterocycles. The minimum atomic E-state index is -0.161. The van der Waals surface area contributed by atoms with Gasteiger partial charge in [-0.25, -0.2) is 9.97 Å². The van der Waals surface area contributed by atoms with Crippen molar-refractivity contribution in [3.63, 3.8) is 0 Å². The lowest BCUT2D eigenvalue weighted by molar-refractivity contribution is 0.118. The lowest BCUT2D eigenvalue weighted by atomic mass is 9.55. The highest BCUT2D eigenvalue weighted by Crippen LogP contribution is 2.67. The second kappa shape index (κ2) is 9.48. The number of hydrogen-bond donors (Lipinski definition) is 0. The van der Waals surface area contributed by atoms with Gasteiger partial charge < -0.3 is 19.6 Å². The first-order valence-corrected chi connectivity index (χ1v) is 17.1. The van der Waals surface area contributed by atoms with Gasteiger partial charge in [-0.2, -0.15) is 0 Å². The summed E-state index contributed by atoms with van der Waals surface area (Å²) in [5.41, 5.74) is 11.6. The van der Waals surface area contributed by atoms with Crippen LogP contribution in [0.2, 0.25) is 0 Å². The molecular formula is C42H34N6. The molecule has 0 spiro atoms. The van der Waals surface area contributed by atoms with Gasteiger partial charge >= 0.3 is 0 Å². The van der Waals surface area contributed by atoms with Crippen molar-refractivity contribution in [1.29, 1.82) is 0 Å². The molecule has 1 aromatic heterocycles. The van der Waals surface area contributed by atoms with E-state index >= 15 is 0 Å². The van der Waals surface area contributed by atoms with Gasteiger partial charge in [-0.15, -0.1) is 0 Å². The SMILES string of the molecule is CC12Cc3ccc(c(c3)C1C1Cc3ccccc3N3c4ccccc4N(c4ccccc4)C13)N1c3nccnc3N(c3ccccc3)C12. The van der Waals surface area contributed by atoms with Crippen molar-refractivity contribution >= 4 is 45.8 Å². The smallest absolute Gasteiger partial charge is 0.178 e. The third-order valence-electron chi connectivity index (χ3n) is 11.7. The number of para-hydroxylation sites is 5. The normalized spacial score (nSPS) is 25.4. The highest BCUT2D eigenvalue weighted by Gasteiger charge is 2.63. The van der Waals surface area contributed by atoms with Gasteiger partial charge in [0.1, 0.15) is 12.3 Å². The summed E-state index contributed by atoms with van der Waals surface area (Å²) < 4.78 is 0. The fourth-order valence-electron chi connectivity index (χ4n) is 10.1. The van der Waals surface area contributed by atoms with Crippen molar-refractivity contribution in [2.45, 2.75) is 38.0 Å². The van der Waals surface area contributed by atoms with E-state index in [0.717, 1.165) is 30.2 Å². The van der Waals surface area contributed by atoms with Crippen molar-refractivity contribution in [3.05, 3.63) is 156 Å². The van der Waals surface area contributed by atoms with E-state index in [1.165, 1.54) is 45.1 Å². The number of nitrogens with zero attached hydrogens (tertiary/aromatic N) is 6. The minimum absolute atomic E-state index is 0.0225. The van der Waals surface area contributed by atoms with E-state index in [4.69, 9.17) is 9.97 Å². The fourth-order valence-corrected chi connectivity index (χ4v) is 10.1. The average molecular weight is 623 g/mol. The molecular weight excluding hydrogens is 589 g/mol. The van der Waals surface area contributed by atoms with Crippen molar-refractivity contribution in [2.24, 2.45) is 11.3 Å². The third-order valence-corrected chi connectivity index (χ3v) is 11.7. The molecule has 5 aromatic carbocycles. The Balaban J connectivity index is 1.17. The van der Waals surface area contributed by atoms with Gasteiger partial charge in [-0.3, -0.25) is 0 Å². The van der Waals surface area contributed by atoms with Crippen LogP contribution < -0.4 is 19.6 Å². The van der Waals surface area contributed by atoms with Gasteiger partial charge in [0.15, 0.2) is 11.6 Å². The van der Waals surface area contributed by atoms with Crippen LogP contribution in [-0.2, 0) is 12.8 Å². The van der Waals surface area contributed by atoms with Crippen LogP contribution in [0.5, 0.6) is 0 Å². The summed E-state index contributed by atoms with van der Waals surface area (Å²) in [4.78, 5) is 20.3. The topological polar surface area (TPSA) is 38.7 Å². The third kappa shape index (κ3) is 3.32. The van der Waals surface area contributed by atoms with Gasteiger partial charge in [-0.05, 0) is 78.1 Å². The van der Waals surface area contributed by atoms with Crippen LogP contribution in [0.3, 0.4) is 0 Å². The number of fused-ring (bicyclic) bond motifs is 12. The lowest BCUT2D eigenvalue weighted by Gasteiger charge is -2.59. The quantitative estimate of drug-likeness (QED) is 0.196.